The van der Waals surface area contributed by atoms with Gasteiger partial charge in [-0.2, -0.15) is 0 Å². The molecular formula is C16H28N2O. The maximum Gasteiger partial charge on any atom is 0.0558 e. The molecule has 0 fully saturated rings. The van der Waals surface area contributed by atoms with Crippen molar-refractivity contribution in [3.8, 4) is 0 Å². The van der Waals surface area contributed by atoms with Crippen LogP contribution in [0.1, 0.15) is 31.0 Å². The molecule has 1 aromatic carbocycles. The lowest BCUT2D eigenvalue weighted by molar-refractivity contribution is 0.126. The predicted molar refractivity (Wildman–Crippen MR) is 81.4 cm³/mol. The lowest BCUT2D eigenvalue weighted by Crippen LogP contribution is -2.40. The second-order valence-electron chi connectivity index (χ2n) is 5.70. The second kappa shape index (κ2) is 7.63. The van der Waals surface area contributed by atoms with Crippen LogP contribution in [-0.2, 0) is 0 Å². The quantitative estimate of drug-likeness (QED) is 0.818. The van der Waals surface area contributed by atoms with Crippen LogP contribution in [0.2, 0.25) is 0 Å². The monoisotopic (exact) mass is 264 g/mol. The fourth-order valence-corrected chi connectivity index (χ4v) is 2.27. The number of aliphatic hydroxyl groups is 1. The smallest absolute Gasteiger partial charge is 0.0558 e. The minimum atomic E-state index is 0.215. The molecule has 0 saturated carbocycles. The van der Waals surface area contributed by atoms with Gasteiger partial charge in [-0.25, -0.2) is 0 Å². The highest BCUT2D eigenvalue weighted by atomic mass is 16.3. The zero-order valence-electron chi connectivity index (χ0n) is 12.9. The molecule has 1 unspecified atom stereocenters. The molecule has 0 aliphatic rings. The van der Waals surface area contributed by atoms with Crippen LogP contribution in [0.5, 0.6) is 0 Å². The molecule has 1 atom stereocenters. The number of likely N-dealkylation sites (N-methyl/N-ethyl adjacent to an activating group) is 1. The van der Waals surface area contributed by atoms with E-state index in [1.54, 1.807) is 0 Å². The topological polar surface area (TPSA) is 26.7 Å². The number of hydrogen-bond acceptors (Lipinski definition) is 3. The molecule has 0 amide bonds. The first-order valence-corrected chi connectivity index (χ1v) is 7.03. The summed E-state index contributed by atoms with van der Waals surface area (Å²) in [6.45, 7) is 8.35. The zero-order chi connectivity index (χ0) is 14.4. The van der Waals surface area contributed by atoms with Crippen molar-refractivity contribution in [2.24, 2.45) is 0 Å². The summed E-state index contributed by atoms with van der Waals surface area (Å²) in [5, 5.41) is 9.19. The summed E-state index contributed by atoms with van der Waals surface area (Å²) in [6, 6.07) is 9.54. The standard InChI is InChI=1S/C16H28N2O/c1-13(2)18(10-11-19)12-16(17(4)5)15-8-6-14(3)7-9-15/h6-9,13,16,19H,10-12H2,1-5H3. The van der Waals surface area contributed by atoms with Crippen molar-refractivity contribution in [1.29, 1.82) is 0 Å². The molecule has 3 heteroatoms. The van der Waals surface area contributed by atoms with Gasteiger partial charge in [-0.15, -0.1) is 0 Å². The van der Waals surface area contributed by atoms with Gasteiger partial charge in [0.2, 0.25) is 0 Å². The average molecular weight is 264 g/mol. The van der Waals surface area contributed by atoms with E-state index in [9.17, 15) is 5.11 Å². The maximum atomic E-state index is 9.19. The highest BCUT2D eigenvalue weighted by Gasteiger charge is 2.19. The first kappa shape index (κ1) is 16.2. The molecule has 0 bridgehead atoms. The van der Waals surface area contributed by atoms with E-state index in [1.807, 2.05) is 0 Å². The summed E-state index contributed by atoms with van der Waals surface area (Å²) in [5.41, 5.74) is 2.62. The molecule has 3 nitrogen and oxygen atoms in total. The molecule has 0 radical (unpaired) electrons. The van der Waals surface area contributed by atoms with Crippen LogP contribution < -0.4 is 0 Å². The maximum absolute atomic E-state index is 9.19. The van der Waals surface area contributed by atoms with Crippen molar-refractivity contribution >= 4 is 0 Å². The van der Waals surface area contributed by atoms with Crippen molar-refractivity contribution in [1.82, 2.24) is 9.80 Å². The Bertz CT molecular complexity index is 360. The molecule has 19 heavy (non-hydrogen) atoms. The fraction of sp³-hybridized carbons (Fsp3) is 0.625. The number of benzene rings is 1. The molecule has 0 heterocycles. The van der Waals surface area contributed by atoms with E-state index < -0.39 is 0 Å². The van der Waals surface area contributed by atoms with Crippen molar-refractivity contribution < 1.29 is 5.11 Å². The van der Waals surface area contributed by atoms with Crippen LogP contribution in [0.15, 0.2) is 24.3 Å². The lowest BCUT2D eigenvalue weighted by Gasteiger charge is -2.33. The molecule has 0 aromatic heterocycles. The Morgan fingerprint density at radius 1 is 1.11 bits per heavy atom. The molecule has 1 N–H and O–H groups in total. The highest BCUT2D eigenvalue weighted by Crippen LogP contribution is 2.21. The average Bonchev–Trinajstić information content (AvgIpc) is 2.35. The first-order chi connectivity index (χ1) is 8.95. The summed E-state index contributed by atoms with van der Waals surface area (Å²) in [4.78, 5) is 4.57. The molecule has 1 aromatic rings. The van der Waals surface area contributed by atoms with E-state index in [0.29, 0.717) is 12.1 Å². The van der Waals surface area contributed by atoms with Crippen molar-refractivity contribution in [2.45, 2.75) is 32.9 Å². The van der Waals surface area contributed by atoms with Crippen LogP contribution >= 0.6 is 0 Å². The van der Waals surface area contributed by atoms with Crippen molar-refractivity contribution in [3.05, 3.63) is 35.4 Å². The van der Waals surface area contributed by atoms with Gasteiger partial charge in [-0.3, -0.25) is 4.90 Å². The summed E-state index contributed by atoms with van der Waals surface area (Å²) in [7, 11) is 4.23. The zero-order valence-corrected chi connectivity index (χ0v) is 12.9. The molecule has 0 spiro atoms. The first-order valence-electron chi connectivity index (χ1n) is 7.03. The largest absolute Gasteiger partial charge is 0.395 e. The Hall–Kier alpha value is -0.900. The number of rotatable bonds is 7. The summed E-state index contributed by atoms with van der Waals surface area (Å²) >= 11 is 0. The van der Waals surface area contributed by atoms with Crippen molar-refractivity contribution in [2.75, 3.05) is 33.8 Å². The summed E-state index contributed by atoms with van der Waals surface area (Å²) in [6.07, 6.45) is 0. The van der Waals surface area contributed by atoms with Gasteiger partial charge in [0.25, 0.3) is 0 Å². The third kappa shape index (κ3) is 4.94. The molecular weight excluding hydrogens is 236 g/mol. The number of nitrogens with zero attached hydrogens (tertiary/aromatic N) is 2. The van der Waals surface area contributed by atoms with Gasteiger partial charge in [0.1, 0.15) is 0 Å². The highest BCUT2D eigenvalue weighted by molar-refractivity contribution is 5.24. The fourth-order valence-electron chi connectivity index (χ4n) is 2.27. The third-order valence-corrected chi connectivity index (χ3v) is 3.61. The number of aryl methyl sites for hydroxylation is 1. The van der Waals surface area contributed by atoms with E-state index in [4.69, 9.17) is 0 Å². The molecule has 0 aliphatic heterocycles. The molecule has 0 aliphatic carbocycles. The van der Waals surface area contributed by atoms with Crippen LogP contribution in [-0.4, -0.2) is 54.7 Å². The van der Waals surface area contributed by atoms with E-state index in [-0.39, 0.29) is 6.61 Å². The predicted octanol–water partition coefficient (Wildman–Crippen LogP) is 2.30. The summed E-state index contributed by atoms with van der Waals surface area (Å²) < 4.78 is 0. The third-order valence-electron chi connectivity index (χ3n) is 3.61. The number of aliphatic hydroxyl groups excluding tert-OH is 1. The summed E-state index contributed by atoms with van der Waals surface area (Å²) in [5.74, 6) is 0. The van der Waals surface area contributed by atoms with Gasteiger partial charge >= 0.3 is 0 Å². The van der Waals surface area contributed by atoms with Crippen LogP contribution in [0.25, 0.3) is 0 Å². The Balaban J connectivity index is 2.85. The Labute approximate surface area is 117 Å². The Morgan fingerprint density at radius 2 is 1.68 bits per heavy atom. The van der Waals surface area contributed by atoms with Crippen LogP contribution in [0.3, 0.4) is 0 Å². The van der Waals surface area contributed by atoms with Gasteiger partial charge in [0.15, 0.2) is 0 Å². The molecule has 1 rings (SSSR count). The van der Waals surface area contributed by atoms with Crippen LogP contribution in [0, 0.1) is 6.92 Å². The second-order valence-corrected chi connectivity index (χ2v) is 5.70. The minimum absolute atomic E-state index is 0.215. The lowest BCUT2D eigenvalue weighted by atomic mass is 10.0. The van der Waals surface area contributed by atoms with Gasteiger partial charge in [0, 0.05) is 25.2 Å². The van der Waals surface area contributed by atoms with E-state index >= 15 is 0 Å². The van der Waals surface area contributed by atoms with Gasteiger partial charge < -0.3 is 10.0 Å². The van der Waals surface area contributed by atoms with Gasteiger partial charge in [0.05, 0.1) is 6.61 Å². The Morgan fingerprint density at radius 3 is 2.11 bits per heavy atom. The van der Waals surface area contributed by atoms with Gasteiger partial charge in [-0.05, 0) is 40.4 Å². The molecule has 0 saturated heterocycles. The van der Waals surface area contributed by atoms with Gasteiger partial charge in [-0.1, -0.05) is 29.8 Å². The SMILES string of the molecule is Cc1ccc(C(CN(CCO)C(C)C)N(C)C)cc1. The normalized spacial score (nSPS) is 13.5. The number of hydrogen-bond donors (Lipinski definition) is 1. The van der Waals surface area contributed by atoms with Crippen molar-refractivity contribution in [3.63, 3.8) is 0 Å². The minimum Gasteiger partial charge on any atom is -0.395 e. The van der Waals surface area contributed by atoms with Crippen LogP contribution in [0.4, 0.5) is 0 Å². The Kier molecular flexibility index (Phi) is 6.49. The van der Waals surface area contributed by atoms with E-state index in [1.165, 1.54) is 11.1 Å². The molecule has 108 valence electrons. The van der Waals surface area contributed by atoms with E-state index in [0.717, 1.165) is 13.1 Å². The van der Waals surface area contributed by atoms with E-state index in [2.05, 4.69) is 68.9 Å².